The summed E-state index contributed by atoms with van der Waals surface area (Å²) in [6.45, 7) is 1.46. The van der Waals surface area contributed by atoms with Gasteiger partial charge in [-0.2, -0.15) is 0 Å². The van der Waals surface area contributed by atoms with Gasteiger partial charge in [0.15, 0.2) is 5.82 Å². The Morgan fingerprint density at radius 1 is 1.21 bits per heavy atom. The Bertz CT molecular complexity index is 1240. The normalized spacial score (nSPS) is 11.7. The molecule has 28 heavy (non-hydrogen) atoms. The quantitative estimate of drug-likeness (QED) is 0.457. The fraction of sp³-hybridized carbons (Fsp3) is 0.0500. The predicted molar refractivity (Wildman–Crippen MR) is 118 cm³/mol. The Balaban J connectivity index is 1.68. The third-order valence-electron chi connectivity index (χ3n) is 3.98. The van der Waals surface area contributed by atoms with Crippen LogP contribution in [0.25, 0.3) is 31.8 Å². The second-order valence-electron chi connectivity index (χ2n) is 6.02. The van der Waals surface area contributed by atoms with E-state index >= 15 is 0 Å². The minimum Gasteiger partial charge on any atom is -0.326 e. The number of halogens is 1. The first-order chi connectivity index (χ1) is 13.5. The van der Waals surface area contributed by atoms with Crippen LogP contribution in [0, 0.1) is 0 Å². The molecule has 0 aliphatic carbocycles. The highest BCUT2D eigenvalue weighted by atomic mass is 35.5. The number of aromatic nitrogens is 2. The van der Waals surface area contributed by atoms with Gasteiger partial charge in [0.25, 0.3) is 5.56 Å². The summed E-state index contributed by atoms with van der Waals surface area (Å²) in [6.07, 6.45) is 1.72. The molecule has 0 bridgehead atoms. The molecule has 0 aliphatic heterocycles. The second kappa shape index (κ2) is 7.71. The largest absolute Gasteiger partial charge is 0.326 e. The van der Waals surface area contributed by atoms with Gasteiger partial charge in [-0.25, -0.2) is 4.98 Å². The zero-order chi connectivity index (χ0) is 19.7. The first-order valence-corrected chi connectivity index (χ1v) is 10.5. The number of hydrogen-bond donors (Lipinski definition) is 2. The molecule has 0 unspecified atom stereocenters. The van der Waals surface area contributed by atoms with Crippen molar-refractivity contribution in [1.82, 2.24) is 9.97 Å². The van der Waals surface area contributed by atoms with E-state index in [4.69, 9.17) is 11.6 Å². The lowest BCUT2D eigenvalue weighted by Crippen LogP contribution is -2.10. The average molecular weight is 428 g/mol. The molecule has 0 fully saturated rings. The van der Waals surface area contributed by atoms with E-state index in [1.54, 1.807) is 29.5 Å². The van der Waals surface area contributed by atoms with Crippen molar-refractivity contribution in [2.24, 2.45) is 0 Å². The molecule has 1 aromatic carbocycles. The van der Waals surface area contributed by atoms with Gasteiger partial charge < -0.3 is 10.3 Å². The van der Waals surface area contributed by atoms with Crippen molar-refractivity contribution in [2.75, 3.05) is 5.32 Å². The van der Waals surface area contributed by atoms with Crippen molar-refractivity contribution in [2.45, 2.75) is 6.92 Å². The molecule has 0 spiro atoms. The van der Waals surface area contributed by atoms with Crippen LogP contribution in [0.5, 0.6) is 0 Å². The van der Waals surface area contributed by atoms with Crippen molar-refractivity contribution in [3.05, 3.63) is 68.9 Å². The zero-order valence-electron chi connectivity index (χ0n) is 14.7. The van der Waals surface area contributed by atoms with Crippen molar-refractivity contribution in [1.29, 1.82) is 0 Å². The van der Waals surface area contributed by atoms with Gasteiger partial charge >= 0.3 is 0 Å². The Morgan fingerprint density at radius 2 is 2.00 bits per heavy atom. The molecule has 4 rings (SSSR count). The van der Waals surface area contributed by atoms with Crippen LogP contribution in [0.2, 0.25) is 0 Å². The van der Waals surface area contributed by atoms with Crippen molar-refractivity contribution >= 4 is 67.2 Å². The first kappa shape index (κ1) is 18.6. The molecule has 1 amide bonds. The Morgan fingerprint density at radius 3 is 2.68 bits per heavy atom. The van der Waals surface area contributed by atoms with Crippen LogP contribution in [-0.4, -0.2) is 15.9 Å². The van der Waals surface area contributed by atoms with E-state index in [0.717, 1.165) is 16.0 Å². The van der Waals surface area contributed by atoms with Crippen LogP contribution >= 0.6 is 34.3 Å². The number of carbonyl (C=O) groups excluding carboxylic acids is 1. The van der Waals surface area contributed by atoms with Crippen LogP contribution in [0.4, 0.5) is 5.69 Å². The lowest BCUT2D eigenvalue weighted by Gasteiger charge is -2.03. The van der Waals surface area contributed by atoms with Gasteiger partial charge in [0.2, 0.25) is 5.91 Å². The summed E-state index contributed by atoms with van der Waals surface area (Å²) in [7, 11) is 0. The number of rotatable bonds is 4. The fourth-order valence-corrected chi connectivity index (χ4v) is 4.73. The van der Waals surface area contributed by atoms with Crippen LogP contribution in [-0.2, 0) is 4.79 Å². The summed E-state index contributed by atoms with van der Waals surface area (Å²) in [5.74, 6) is 0.193. The van der Waals surface area contributed by atoms with Gasteiger partial charge in [0.1, 0.15) is 4.83 Å². The summed E-state index contributed by atoms with van der Waals surface area (Å²) in [5.41, 5.74) is 2.21. The van der Waals surface area contributed by atoms with Crippen molar-refractivity contribution in [3.8, 4) is 10.4 Å². The number of anilines is 1. The standard InChI is InChI=1S/C20H14ClN3O2S2/c1-11(25)22-13-6-4-12(5-7-13)9-15(21)18-23-19(26)17-14(10-28-20(17)24-18)16-3-2-8-27-16/h2-10H,1H3,(H,22,25)(H,23,24,26)/b15-9-. The topological polar surface area (TPSA) is 74.8 Å². The maximum atomic E-state index is 12.7. The summed E-state index contributed by atoms with van der Waals surface area (Å²) in [5, 5.41) is 7.55. The monoisotopic (exact) mass is 427 g/mol. The summed E-state index contributed by atoms with van der Waals surface area (Å²) in [6, 6.07) is 11.1. The van der Waals surface area contributed by atoms with E-state index < -0.39 is 0 Å². The molecule has 4 aromatic rings. The summed E-state index contributed by atoms with van der Waals surface area (Å²) in [4.78, 5) is 32.8. The molecule has 3 aromatic heterocycles. The molecular weight excluding hydrogens is 414 g/mol. The van der Waals surface area contributed by atoms with Crippen LogP contribution in [0.3, 0.4) is 0 Å². The fourth-order valence-electron chi connectivity index (χ4n) is 2.76. The third-order valence-corrected chi connectivity index (χ3v) is 6.04. The number of aromatic amines is 1. The molecule has 0 saturated carbocycles. The smallest absolute Gasteiger partial charge is 0.260 e. The first-order valence-electron chi connectivity index (χ1n) is 8.32. The average Bonchev–Trinajstić information content (AvgIpc) is 3.32. The Hall–Kier alpha value is -2.74. The van der Waals surface area contributed by atoms with Gasteiger partial charge in [-0.15, -0.1) is 22.7 Å². The lowest BCUT2D eigenvalue weighted by molar-refractivity contribution is -0.114. The summed E-state index contributed by atoms with van der Waals surface area (Å²) < 4.78 is 0. The van der Waals surface area contributed by atoms with Gasteiger partial charge in [0.05, 0.1) is 10.4 Å². The highest BCUT2D eigenvalue weighted by molar-refractivity contribution is 7.18. The predicted octanol–water partition coefficient (Wildman–Crippen LogP) is 5.41. The highest BCUT2D eigenvalue weighted by Gasteiger charge is 2.14. The minimum atomic E-state index is -0.211. The molecule has 0 atom stereocenters. The number of benzene rings is 1. The van der Waals surface area contributed by atoms with E-state index in [2.05, 4.69) is 15.3 Å². The van der Waals surface area contributed by atoms with Gasteiger partial charge in [-0.1, -0.05) is 29.8 Å². The Labute approximate surface area is 173 Å². The highest BCUT2D eigenvalue weighted by Crippen LogP contribution is 2.34. The Kier molecular flexibility index (Phi) is 5.13. The van der Waals surface area contributed by atoms with Gasteiger partial charge in [-0.05, 0) is 35.2 Å². The van der Waals surface area contributed by atoms with Gasteiger partial charge in [-0.3, -0.25) is 9.59 Å². The molecule has 140 valence electrons. The SMILES string of the molecule is CC(=O)Nc1ccc(/C=C(\Cl)c2nc3scc(-c4cccs4)c3c(=O)[nH]2)cc1. The molecule has 5 nitrogen and oxygen atoms in total. The molecule has 0 saturated heterocycles. The number of amides is 1. The summed E-state index contributed by atoms with van der Waals surface area (Å²) >= 11 is 9.41. The maximum Gasteiger partial charge on any atom is 0.260 e. The zero-order valence-corrected chi connectivity index (χ0v) is 17.0. The number of H-pyrrole nitrogens is 1. The van der Waals surface area contributed by atoms with Gasteiger partial charge in [0, 0.05) is 28.4 Å². The minimum absolute atomic E-state index is 0.130. The number of nitrogens with one attached hydrogen (secondary N) is 2. The van der Waals surface area contributed by atoms with E-state index in [-0.39, 0.29) is 11.5 Å². The van der Waals surface area contributed by atoms with Crippen LogP contribution < -0.4 is 10.9 Å². The van der Waals surface area contributed by atoms with E-state index in [0.29, 0.717) is 26.8 Å². The maximum absolute atomic E-state index is 12.7. The molecule has 3 heterocycles. The molecule has 8 heteroatoms. The number of nitrogens with zero attached hydrogens (tertiary/aromatic N) is 1. The second-order valence-corrected chi connectivity index (χ2v) is 8.23. The number of carbonyl (C=O) groups is 1. The van der Waals surface area contributed by atoms with E-state index in [9.17, 15) is 9.59 Å². The third kappa shape index (κ3) is 3.77. The van der Waals surface area contributed by atoms with Crippen molar-refractivity contribution in [3.63, 3.8) is 0 Å². The van der Waals surface area contributed by atoms with Crippen LogP contribution in [0.1, 0.15) is 18.3 Å². The molecule has 2 N–H and O–H groups in total. The number of fused-ring (bicyclic) bond motifs is 1. The lowest BCUT2D eigenvalue weighted by atomic mass is 10.2. The van der Waals surface area contributed by atoms with E-state index in [1.165, 1.54) is 18.3 Å². The number of thiophene rings is 2. The molecular formula is C20H14ClN3O2S2. The van der Waals surface area contributed by atoms with Crippen molar-refractivity contribution < 1.29 is 4.79 Å². The molecule has 0 aliphatic rings. The van der Waals surface area contributed by atoms with E-state index in [1.807, 2.05) is 35.0 Å². The number of hydrogen-bond acceptors (Lipinski definition) is 5. The van der Waals surface area contributed by atoms with Crippen LogP contribution in [0.15, 0.2) is 52.0 Å². The molecule has 0 radical (unpaired) electrons.